The number of amides is 2. The molecule has 2 amide bonds. The van der Waals surface area contributed by atoms with Gasteiger partial charge in [-0.25, -0.2) is 4.68 Å². The number of rotatable bonds is 7. The van der Waals surface area contributed by atoms with Gasteiger partial charge in [-0.15, -0.1) is 0 Å². The van der Waals surface area contributed by atoms with Gasteiger partial charge < -0.3 is 4.90 Å². The lowest BCUT2D eigenvalue weighted by Crippen LogP contribution is -2.51. The first kappa shape index (κ1) is 21.3. The fourth-order valence-electron chi connectivity index (χ4n) is 3.07. The molecule has 1 atom stereocenters. The van der Waals surface area contributed by atoms with E-state index in [-0.39, 0.29) is 17.2 Å². The number of aromatic nitrogens is 2. The Morgan fingerprint density at radius 2 is 2.00 bits per heavy atom. The van der Waals surface area contributed by atoms with Crippen molar-refractivity contribution in [3.8, 4) is 0 Å². The summed E-state index contributed by atoms with van der Waals surface area (Å²) in [5, 5.41) is 15.2. The van der Waals surface area contributed by atoms with Crippen molar-refractivity contribution in [2.45, 2.75) is 53.0 Å². The number of nitro groups is 1. The Morgan fingerprint density at radius 1 is 1.36 bits per heavy atom. The zero-order valence-electron chi connectivity index (χ0n) is 16.7. The van der Waals surface area contributed by atoms with Gasteiger partial charge in [-0.1, -0.05) is 20.8 Å². The third-order valence-electron chi connectivity index (χ3n) is 5.19. The van der Waals surface area contributed by atoms with Crippen molar-refractivity contribution in [1.29, 1.82) is 0 Å². The summed E-state index contributed by atoms with van der Waals surface area (Å²) in [6.07, 6.45) is 1.51. The fraction of sp³-hybridized carbons (Fsp3) is 0.647. The number of anilines is 1. The molecule has 11 nitrogen and oxygen atoms in total. The summed E-state index contributed by atoms with van der Waals surface area (Å²) in [4.78, 5) is 49.6. The molecule has 28 heavy (non-hydrogen) atoms. The summed E-state index contributed by atoms with van der Waals surface area (Å²) in [6, 6.07) is -0.815. The van der Waals surface area contributed by atoms with E-state index >= 15 is 0 Å². The number of carbonyl (C=O) groups is 3. The molecule has 0 saturated carbocycles. The number of ketones is 1. The maximum absolute atomic E-state index is 12.6. The van der Waals surface area contributed by atoms with Crippen LogP contribution in [0.15, 0.2) is 0 Å². The molecular formula is C17H26N6O5. The molecule has 2 N–H and O–H groups in total. The number of hydrazine groups is 1. The van der Waals surface area contributed by atoms with Gasteiger partial charge in [0, 0.05) is 19.0 Å². The van der Waals surface area contributed by atoms with Crippen LogP contribution >= 0.6 is 0 Å². The van der Waals surface area contributed by atoms with Gasteiger partial charge in [0.05, 0.1) is 4.92 Å². The monoisotopic (exact) mass is 394 g/mol. The highest BCUT2D eigenvalue weighted by atomic mass is 16.6. The zero-order valence-corrected chi connectivity index (χ0v) is 16.7. The SMILES string of the molecule is CCC(C)(C)C(=O)C(=O)N1CCCC1C(=O)NNc1c([N+](=O)[O-])c(C)nn1C. The second-order valence-corrected chi connectivity index (χ2v) is 7.50. The third kappa shape index (κ3) is 3.97. The number of aryl methyl sites for hydroxylation is 2. The smallest absolute Gasteiger partial charge is 0.324 e. The highest BCUT2D eigenvalue weighted by molar-refractivity contribution is 6.38. The van der Waals surface area contributed by atoms with E-state index in [9.17, 15) is 24.5 Å². The maximum Gasteiger partial charge on any atom is 0.335 e. The number of nitrogens with one attached hydrogen (secondary N) is 2. The molecule has 1 aromatic heterocycles. The number of hydrogen-bond donors (Lipinski definition) is 2. The van der Waals surface area contributed by atoms with E-state index in [1.54, 1.807) is 13.8 Å². The lowest BCUT2D eigenvalue weighted by Gasteiger charge is -2.27. The molecule has 2 heterocycles. The van der Waals surface area contributed by atoms with Crippen LogP contribution in [0.1, 0.15) is 45.7 Å². The Morgan fingerprint density at radius 3 is 2.57 bits per heavy atom. The van der Waals surface area contributed by atoms with Gasteiger partial charge in [-0.3, -0.25) is 35.3 Å². The Bertz CT molecular complexity index is 815. The number of hydrogen-bond acceptors (Lipinski definition) is 7. The topological polar surface area (TPSA) is 139 Å². The molecule has 0 spiro atoms. The lowest BCUT2D eigenvalue weighted by molar-refractivity contribution is -0.384. The molecule has 2 rings (SSSR count). The van der Waals surface area contributed by atoms with Crippen LogP contribution < -0.4 is 10.9 Å². The van der Waals surface area contributed by atoms with Crippen LogP contribution in [-0.4, -0.2) is 49.8 Å². The van der Waals surface area contributed by atoms with Crippen molar-refractivity contribution in [3.05, 3.63) is 15.8 Å². The lowest BCUT2D eigenvalue weighted by atomic mass is 9.84. The number of nitrogens with zero attached hydrogens (tertiary/aromatic N) is 4. The molecule has 1 aliphatic heterocycles. The van der Waals surface area contributed by atoms with E-state index in [1.807, 2.05) is 6.92 Å². The summed E-state index contributed by atoms with van der Waals surface area (Å²) in [6.45, 7) is 7.02. The second kappa shape index (κ2) is 7.95. The molecule has 0 aliphatic carbocycles. The van der Waals surface area contributed by atoms with E-state index < -0.39 is 34.0 Å². The summed E-state index contributed by atoms with van der Waals surface area (Å²) in [5.74, 6) is -1.72. The van der Waals surface area contributed by atoms with E-state index in [0.29, 0.717) is 25.8 Å². The van der Waals surface area contributed by atoms with Gasteiger partial charge in [0.2, 0.25) is 11.6 Å². The summed E-state index contributed by atoms with van der Waals surface area (Å²) >= 11 is 0. The van der Waals surface area contributed by atoms with Crippen molar-refractivity contribution in [2.24, 2.45) is 12.5 Å². The average molecular weight is 394 g/mol. The fourth-order valence-corrected chi connectivity index (χ4v) is 3.07. The van der Waals surface area contributed by atoms with Crippen LogP contribution in [0.5, 0.6) is 0 Å². The Balaban J connectivity index is 2.11. The number of Topliss-reactive ketones (excluding diaryl/α,β-unsaturated/α-hetero) is 1. The largest absolute Gasteiger partial charge is 0.335 e. The normalized spacial score (nSPS) is 16.8. The van der Waals surface area contributed by atoms with Crippen molar-refractivity contribution in [3.63, 3.8) is 0 Å². The van der Waals surface area contributed by atoms with E-state index in [4.69, 9.17) is 0 Å². The molecule has 0 bridgehead atoms. The van der Waals surface area contributed by atoms with Gasteiger partial charge in [-0.2, -0.15) is 5.10 Å². The molecule has 1 unspecified atom stereocenters. The quantitative estimate of drug-likeness (QED) is 0.400. The van der Waals surface area contributed by atoms with Gasteiger partial charge in [0.15, 0.2) is 0 Å². The Kier molecular flexibility index (Phi) is 6.05. The molecule has 0 radical (unpaired) electrons. The molecule has 1 fully saturated rings. The van der Waals surface area contributed by atoms with Crippen LogP contribution in [0.4, 0.5) is 11.5 Å². The minimum absolute atomic E-state index is 0.0231. The first-order valence-electron chi connectivity index (χ1n) is 9.10. The average Bonchev–Trinajstić information content (AvgIpc) is 3.22. The minimum atomic E-state index is -0.815. The van der Waals surface area contributed by atoms with Gasteiger partial charge in [-0.05, 0) is 26.2 Å². The van der Waals surface area contributed by atoms with Crippen molar-refractivity contribution in [2.75, 3.05) is 12.0 Å². The third-order valence-corrected chi connectivity index (χ3v) is 5.19. The van der Waals surface area contributed by atoms with E-state index in [1.165, 1.54) is 23.6 Å². The van der Waals surface area contributed by atoms with Crippen molar-refractivity contribution in [1.82, 2.24) is 20.1 Å². The molecule has 0 aromatic carbocycles. The first-order chi connectivity index (χ1) is 13.0. The molecule has 154 valence electrons. The van der Waals surface area contributed by atoms with Gasteiger partial charge >= 0.3 is 5.69 Å². The van der Waals surface area contributed by atoms with Crippen LogP contribution in [0, 0.1) is 22.5 Å². The summed E-state index contributed by atoms with van der Waals surface area (Å²) in [7, 11) is 1.51. The van der Waals surface area contributed by atoms with Crippen LogP contribution in [0.3, 0.4) is 0 Å². The Hall–Kier alpha value is -2.98. The number of carbonyl (C=O) groups excluding carboxylic acids is 3. The zero-order chi connectivity index (χ0) is 21.2. The molecule has 11 heteroatoms. The molecule has 1 aliphatic rings. The van der Waals surface area contributed by atoms with Crippen LogP contribution in [0.25, 0.3) is 0 Å². The Labute approximate surface area is 162 Å². The van der Waals surface area contributed by atoms with Crippen LogP contribution in [-0.2, 0) is 21.4 Å². The molecular weight excluding hydrogens is 368 g/mol. The summed E-state index contributed by atoms with van der Waals surface area (Å²) in [5.41, 5.74) is 4.09. The second-order valence-electron chi connectivity index (χ2n) is 7.50. The van der Waals surface area contributed by atoms with Gasteiger partial charge in [0.1, 0.15) is 11.7 Å². The van der Waals surface area contributed by atoms with E-state index in [0.717, 1.165) is 0 Å². The highest BCUT2D eigenvalue weighted by Crippen LogP contribution is 2.27. The van der Waals surface area contributed by atoms with Crippen molar-refractivity contribution >= 4 is 29.1 Å². The van der Waals surface area contributed by atoms with E-state index in [2.05, 4.69) is 16.0 Å². The predicted octanol–water partition coefficient (Wildman–Crippen LogP) is 1.08. The highest BCUT2D eigenvalue weighted by Gasteiger charge is 2.41. The predicted molar refractivity (Wildman–Crippen MR) is 100 cm³/mol. The van der Waals surface area contributed by atoms with Gasteiger partial charge in [0.25, 0.3) is 11.8 Å². The van der Waals surface area contributed by atoms with Crippen LogP contribution in [0.2, 0.25) is 0 Å². The molecule has 1 saturated heterocycles. The standard InChI is InChI=1S/C17H26N6O5/c1-6-17(3,4)13(24)16(26)22-9-7-8-11(22)15(25)19-18-14-12(23(27)28)10(2)20-21(14)5/h11,18H,6-9H2,1-5H3,(H,19,25). The first-order valence-corrected chi connectivity index (χ1v) is 9.10. The minimum Gasteiger partial charge on any atom is -0.324 e. The maximum atomic E-state index is 12.6. The van der Waals surface area contributed by atoms with Crippen molar-refractivity contribution < 1.29 is 19.3 Å². The summed E-state index contributed by atoms with van der Waals surface area (Å²) < 4.78 is 1.25. The number of likely N-dealkylation sites (tertiary alicyclic amines) is 1. The molecule has 1 aromatic rings.